The molecule has 0 spiro atoms. The Balaban J connectivity index is 1.69. The van der Waals surface area contributed by atoms with Gasteiger partial charge in [0.25, 0.3) is 0 Å². The zero-order chi connectivity index (χ0) is 13.1. The molecular formula is C15H18N2O2. The Kier molecular flexibility index (Phi) is 3.62. The number of hydrogen-bond acceptors (Lipinski definition) is 4. The summed E-state index contributed by atoms with van der Waals surface area (Å²) in [6.07, 6.45) is 4.16. The highest BCUT2D eigenvalue weighted by Crippen LogP contribution is 2.25. The van der Waals surface area contributed by atoms with Crippen molar-refractivity contribution in [2.75, 3.05) is 13.2 Å². The molecule has 3 rings (SSSR count). The molecule has 0 radical (unpaired) electrons. The second-order valence-electron chi connectivity index (χ2n) is 4.84. The van der Waals surface area contributed by atoms with Crippen LogP contribution in [-0.4, -0.2) is 30.3 Å². The van der Waals surface area contributed by atoms with Crippen LogP contribution in [0.5, 0.6) is 5.75 Å². The minimum absolute atomic E-state index is 0.146. The molecule has 2 unspecified atom stereocenters. The summed E-state index contributed by atoms with van der Waals surface area (Å²) < 4.78 is 11.6. The fourth-order valence-electron chi connectivity index (χ4n) is 2.45. The topological polar surface area (TPSA) is 57.4 Å². The average molecular weight is 258 g/mol. The molecule has 1 fully saturated rings. The molecule has 1 aromatic carbocycles. The molecule has 2 aromatic rings. The van der Waals surface area contributed by atoms with Crippen LogP contribution in [0.25, 0.3) is 10.9 Å². The number of rotatable bonds is 4. The van der Waals surface area contributed by atoms with Crippen LogP contribution in [0.15, 0.2) is 36.5 Å². The molecule has 0 amide bonds. The van der Waals surface area contributed by atoms with Gasteiger partial charge in [0, 0.05) is 18.1 Å². The molecule has 4 heteroatoms. The first-order chi connectivity index (χ1) is 9.36. The maximum atomic E-state index is 5.87. The van der Waals surface area contributed by atoms with Crippen molar-refractivity contribution in [3.8, 4) is 5.75 Å². The first-order valence-electron chi connectivity index (χ1n) is 6.69. The Morgan fingerprint density at radius 2 is 2.05 bits per heavy atom. The number of nitrogens with zero attached hydrogens (tertiary/aromatic N) is 1. The zero-order valence-electron chi connectivity index (χ0n) is 10.8. The lowest BCUT2D eigenvalue weighted by Crippen LogP contribution is -2.23. The normalized spacial score (nSPS) is 22.8. The number of nitrogens with two attached hydrogens (primary N) is 1. The van der Waals surface area contributed by atoms with E-state index in [2.05, 4.69) is 4.98 Å². The second-order valence-corrected chi connectivity index (χ2v) is 4.84. The van der Waals surface area contributed by atoms with Crippen molar-refractivity contribution >= 4 is 10.9 Å². The van der Waals surface area contributed by atoms with Crippen molar-refractivity contribution in [3.05, 3.63) is 36.5 Å². The lowest BCUT2D eigenvalue weighted by Gasteiger charge is -2.14. The van der Waals surface area contributed by atoms with E-state index in [-0.39, 0.29) is 12.2 Å². The van der Waals surface area contributed by atoms with E-state index < -0.39 is 0 Å². The van der Waals surface area contributed by atoms with E-state index in [1.807, 2.05) is 30.3 Å². The van der Waals surface area contributed by atoms with Gasteiger partial charge in [0.15, 0.2) is 0 Å². The highest BCUT2D eigenvalue weighted by molar-refractivity contribution is 5.84. The summed E-state index contributed by atoms with van der Waals surface area (Å²) in [5, 5.41) is 1.09. The first kappa shape index (κ1) is 12.4. The first-order valence-corrected chi connectivity index (χ1v) is 6.69. The Labute approximate surface area is 112 Å². The third-order valence-electron chi connectivity index (χ3n) is 3.48. The van der Waals surface area contributed by atoms with Crippen LogP contribution in [0.4, 0.5) is 0 Å². The molecule has 19 heavy (non-hydrogen) atoms. The maximum absolute atomic E-state index is 5.87. The van der Waals surface area contributed by atoms with Crippen LogP contribution < -0.4 is 10.5 Å². The third-order valence-corrected chi connectivity index (χ3v) is 3.48. The molecule has 0 aliphatic carbocycles. The Morgan fingerprint density at radius 1 is 1.21 bits per heavy atom. The van der Waals surface area contributed by atoms with E-state index in [4.69, 9.17) is 15.2 Å². The van der Waals surface area contributed by atoms with E-state index >= 15 is 0 Å². The van der Waals surface area contributed by atoms with Gasteiger partial charge in [-0.15, -0.1) is 0 Å². The summed E-state index contributed by atoms with van der Waals surface area (Å²) in [4.78, 5) is 4.37. The molecular weight excluding hydrogens is 240 g/mol. The van der Waals surface area contributed by atoms with Crippen molar-refractivity contribution in [2.24, 2.45) is 5.73 Å². The van der Waals surface area contributed by atoms with Gasteiger partial charge in [-0.3, -0.25) is 4.98 Å². The predicted molar refractivity (Wildman–Crippen MR) is 74.2 cm³/mol. The number of pyridine rings is 1. The summed E-state index contributed by atoms with van der Waals surface area (Å²) >= 11 is 0. The molecule has 1 aliphatic rings. The van der Waals surface area contributed by atoms with E-state index in [9.17, 15) is 0 Å². The zero-order valence-corrected chi connectivity index (χ0v) is 10.8. The Hall–Kier alpha value is -1.65. The summed E-state index contributed by atoms with van der Waals surface area (Å²) in [5.41, 5.74) is 6.50. The van der Waals surface area contributed by atoms with Crippen LogP contribution in [0, 0.1) is 0 Å². The standard InChI is InChI=1S/C15H18N2O2/c16-9-12-6-7-13(19-12)10-18-14-5-1-3-11-4-2-8-17-15(11)14/h1-5,8,12-13H,6-7,9-10,16H2. The van der Waals surface area contributed by atoms with Gasteiger partial charge >= 0.3 is 0 Å². The second kappa shape index (κ2) is 5.55. The Bertz CT molecular complexity index is 553. The SMILES string of the molecule is NCC1CCC(COc2cccc3cccnc23)O1. The highest BCUT2D eigenvalue weighted by atomic mass is 16.5. The predicted octanol–water partition coefficient (Wildman–Crippen LogP) is 2.12. The lowest BCUT2D eigenvalue weighted by molar-refractivity contribution is 0.0225. The minimum atomic E-state index is 0.146. The smallest absolute Gasteiger partial charge is 0.145 e. The number of para-hydroxylation sites is 1. The van der Waals surface area contributed by atoms with Gasteiger partial charge < -0.3 is 15.2 Å². The summed E-state index contributed by atoms with van der Waals surface area (Å²) in [7, 11) is 0. The number of aromatic nitrogens is 1. The molecule has 2 N–H and O–H groups in total. The van der Waals surface area contributed by atoms with Crippen LogP contribution >= 0.6 is 0 Å². The molecule has 1 aromatic heterocycles. The van der Waals surface area contributed by atoms with Gasteiger partial charge in [0.05, 0.1) is 12.2 Å². The minimum Gasteiger partial charge on any atom is -0.489 e. The van der Waals surface area contributed by atoms with Gasteiger partial charge in [-0.2, -0.15) is 0 Å². The molecule has 0 saturated carbocycles. The van der Waals surface area contributed by atoms with E-state index in [0.717, 1.165) is 29.5 Å². The van der Waals surface area contributed by atoms with Gasteiger partial charge in [0.1, 0.15) is 17.9 Å². The van der Waals surface area contributed by atoms with Crippen LogP contribution in [0.2, 0.25) is 0 Å². The van der Waals surface area contributed by atoms with Gasteiger partial charge in [-0.1, -0.05) is 18.2 Å². The van der Waals surface area contributed by atoms with Crippen LogP contribution in [0.3, 0.4) is 0 Å². The summed E-state index contributed by atoms with van der Waals surface area (Å²) in [6.45, 7) is 1.15. The molecule has 2 atom stereocenters. The van der Waals surface area contributed by atoms with Crippen LogP contribution in [-0.2, 0) is 4.74 Å². The molecule has 1 aliphatic heterocycles. The van der Waals surface area contributed by atoms with Crippen LogP contribution in [0.1, 0.15) is 12.8 Å². The fourth-order valence-corrected chi connectivity index (χ4v) is 2.45. The highest BCUT2D eigenvalue weighted by Gasteiger charge is 2.24. The third kappa shape index (κ3) is 2.69. The van der Waals surface area contributed by atoms with E-state index in [1.54, 1.807) is 6.20 Å². The van der Waals surface area contributed by atoms with Gasteiger partial charge in [-0.25, -0.2) is 0 Å². The van der Waals surface area contributed by atoms with Crippen molar-refractivity contribution < 1.29 is 9.47 Å². The van der Waals surface area contributed by atoms with E-state index in [0.29, 0.717) is 13.2 Å². The molecule has 4 nitrogen and oxygen atoms in total. The molecule has 2 heterocycles. The summed E-state index contributed by atoms with van der Waals surface area (Å²) in [5.74, 6) is 0.817. The monoisotopic (exact) mass is 258 g/mol. The quantitative estimate of drug-likeness (QED) is 0.912. The fraction of sp³-hybridized carbons (Fsp3) is 0.400. The number of ether oxygens (including phenoxy) is 2. The van der Waals surface area contributed by atoms with Crippen molar-refractivity contribution in [1.29, 1.82) is 0 Å². The van der Waals surface area contributed by atoms with Gasteiger partial charge in [-0.05, 0) is 25.0 Å². The van der Waals surface area contributed by atoms with E-state index in [1.165, 1.54) is 0 Å². The molecule has 1 saturated heterocycles. The lowest BCUT2D eigenvalue weighted by atomic mass is 10.2. The van der Waals surface area contributed by atoms with Crippen molar-refractivity contribution in [1.82, 2.24) is 4.98 Å². The average Bonchev–Trinajstić information content (AvgIpc) is 2.93. The van der Waals surface area contributed by atoms with Gasteiger partial charge in [0.2, 0.25) is 0 Å². The number of hydrogen-bond donors (Lipinski definition) is 1. The van der Waals surface area contributed by atoms with Crippen molar-refractivity contribution in [3.63, 3.8) is 0 Å². The molecule has 0 bridgehead atoms. The van der Waals surface area contributed by atoms with Crippen molar-refractivity contribution in [2.45, 2.75) is 25.0 Å². The largest absolute Gasteiger partial charge is 0.489 e. The number of benzene rings is 1. The molecule has 100 valence electrons. The summed E-state index contributed by atoms with van der Waals surface area (Å²) in [6, 6.07) is 9.93. The Morgan fingerprint density at radius 3 is 2.89 bits per heavy atom. The number of fused-ring (bicyclic) bond motifs is 1. The maximum Gasteiger partial charge on any atom is 0.145 e.